The maximum Gasteiger partial charge on any atom is 0.224 e. The van der Waals surface area contributed by atoms with E-state index in [1.807, 2.05) is 44.4 Å². The molecule has 0 bridgehead atoms. The van der Waals surface area contributed by atoms with Crippen LogP contribution in [0.15, 0.2) is 36.7 Å². The van der Waals surface area contributed by atoms with Gasteiger partial charge in [-0.05, 0) is 24.6 Å². The minimum Gasteiger partial charge on any atom is -0.493 e. The minimum absolute atomic E-state index is 0.0523. The molecular formula is C16H21N3O3. The third-order valence-corrected chi connectivity index (χ3v) is 3.11. The Morgan fingerprint density at radius 1 is 1.36 bits per heavy atom. The van der Waals surface area contributed by atoms with E-state index in [9.17, 15) is 4.79 Å². The number of carbonyl (C=O) groups excluding carboxylic acids is 1. The maximum absolute atomic E-state index is 11.9. The topological polar surface area (TPSA) is 65.4 Å². The van der Waals surface area contributed by atoms with E-state index >= 15 is 0 Å². The van der Waals surface area contributed by atoms with Crippen molar-refractivity contribution in [2.45, 2.75) is 19.4 Å². The summed E-state index contributed by atoms with van der Waals surface area (Å²) < 4.78 is 12.7. The zero-order valence-electron chi connectivity index (χ0n) is 13.1. The van der Waals surface area contributed by atoms with Crippen LogP contribution in [0.1, 0.15) is 12.5 Å². The van der Waals surface area contributed by atoms with E-state index < -0.39 is 0 Å². The molecule has 2 aromatic rings. The number of rotatable bonds is 7. The smallest absolute Gasteiger partial charge is 0.224 e. The molecule has 0 unspecified atom stereocenters. The van der Waals surface area contributed by atoms with E-state index in [0.717, 1.165) is 5.56 Å². The van der Waals surface area contributed by atoms with Gasteiger partial charge in [-0.25, -0.2) is 0 Å². The van der Waals surface area contributed by atoms with Gasteiger partial charge in [0.25, 0.3) is 0 Å². The lowest BCUT2D eigenvalue weighted by molar-refractivity contribution is -0.120. The fourth-order valence-electron chi connectivity index (χ4n) is 2.04. The Morgan fingerprint density at radius 3 is 2.73 bits per heavy atom. The fourth-order valence-corrected chi connectivity index (χ4v) is 2.04. The predicted molar refractivity (Wildman–Crippen MR) is 83.0 cm³/mol. The Labute approximate surface area is 130 Å². The summed E-state index contributed by atoms with van der Waals surface area (Å²) in [6, 6.07) is 7.44. The number of para-hydroxylation sites is 2. The van der Waals surface area contributed by atoms with Crippen molar-refractivity contribution in [3.05, 3.63) is 42.2 Å². The van der Waals surface area contributed by atoms with Crippen LogP contribution in [0.5, 0.6) is 11.5 Å². The van der Waals surface area contributed by atoms with E-state index in [4.69, 9.17) is 9.47 Å². The molecule has 1 heterocycles. The number of methoxy groups -OCH3 is 1. The predicted octanol–water partition coefficient (Wildman–Crippen LogP) is 1.55. The van der Waals surface area contributed by atoms with Gasteiger partial charge < -0.3 is 14.8 Å². The van der Waals surface area contributed by atoms with E-state index in [1.54, 1.807) is 18.0 Å². The van der Waals surface area contributed by atoms with Gasteiger partial charge in [-0.2, -0.15) is 5.10 Å². The highest BCUT2D eigenvalue weighted by molar-refractivity contribution is 5.78. The third-order valence-electron chi connectivity index (χ3n) is 3.11. The minimum atomic E-state index is -0.158. The summed E-state index contributed by atoms with van der Waals surface area (Å²) in [4.78, 5) is 11.9. The molecule has 6 nitrogen and oxygen atoms in total. The number of hydrogen-bond acceptors (Lipinski definition) is 4. The number of hydrogen-bond donors (Lipinski definition) is 1. The van der Waals surface area contributed by atoms with Crippen LogP contribution in [0, 0.1) is 0 Å². The van der Waals surface area contributed by atoms with Gasteiger partial charge in [0.2, 0.25) is 5.91 Å². The second-order valence-corrected chi connectivity index (χ2v) is 5.08. The molecule has 22 heavy (non-hydrogen) atoms. The Morgan fingerprint density at radius 2 is 2.09 bits per heavy atom. The van der Waals surface area contributed by atoms with Crippen molar-refractivity contribution < 1.29 is 14.3 Å². The van der Waals surface area contributed by atoms with Crippen LogP contribution in [-0.4, -0.2) is 35.4 Å². The van der Waals surface area contributed by atoms with Crippen LogP contribution in [0.4, 0.5) is 0 Å². The molecule has 1 N–H and O–H groups in total. The van der Waals surface area contributed by atoms with Crippen molar-refractivity contribution >= 4 is 5.91 Å². The molecule has 2 rings (SSSR count). The summed E-state index contributed by atoms with van der Waals surface area (Å²) in [5, 5.41) is 6.89. The molecule has 0 saturated carbocycles. The lowest BCUT2D eigenvalue weighted by Crippen LogP contribution is -2.34. The first-order valence-corrected chi connectivity index (χ1v) is 7.12. The molecule has 118 valence electrons. The first kappa shape index (κ1) is 15.9. The van der Waals surface area contributed by atoms with Crippen LogP contribution in [0.2, 0.25) is 0 Å². The fraction of sp³-hybridized carbons (Fsp3) is 0.375. The summed E-state index contributed by atoms with van der Waals surface area (Å²) in [7, 11) is 3.42. The van der Waals surface area contributed by atoms with Gasteiger partial charge in [0.05, 0.1) is 26.3 Å². The van der Waals surface area contributed by atoms with Crippen LogP contribution >= 0.6 is 0 Å². The standard InChI is InChI=1S/C16H21N3O3/c1-12(22-15-7-5-4-6-14(15)21-3)9-17-16(20)8-13-10-18-19(2)11-13/h4-7,10-12H,8-9H2,1-3H3,(H,17,20)/t12-/m0/s1. The first-order chi connectivity index (χ1) is 10.6. The van der Waals surface area contributed by atoms with E-state index in [1.165, 1.54) is 0 Å². The molecular weight excluding hydrogens is 282 g/mol. The number of nitrogens with zero attached hydrogens (tertiary/aromatic N) is 2. The summed E-state index contributed by atoms with van der Waals surface area (Å²) in [6.45, 7) is 2.33. The molecule has 6 heteroatoms. The zero-order valence-corrected chi connectivity index (χ0v) is 13.1. The molecule has 0 aliphatic carbocycles. The first-order valence-electron chi connectivity index (χ1n) is 7.12. The molecule has 1 aromatic carbocycles. The number of ether oxygens (including phenoxy) is 2. The molecule has 1 aromatic heterocycles. The molecule has 1 amide bonds. The molecule has 0 aliphatic rings. The molecule has 0 spiro atoms. The second kappa shape index (κ2) is 7.49. The quantitative estimate of drug-likeness (QED) is 0.843. The molecule has 0 radical (unpaired) electrons. The van der Waals surface area contributed by atoms with E-state index in [0.29, 0.717) is 24.5 Å². The molecule has 1 atom stereocenters. The number of benzene rings is 1. The number of carbonyl (C=O) groups is 1. The monoisotopic (exact) mass is 303 g/mol. The van der Waals surface area contributed by atoms with Gasteiger partial charge >= 0.3 is 0 Å². The highest BCUT2D eigenvalue weighted by Gasteiger charge is 2.11. The summed E-state index contributed by atoms with van der Waals surface area (Å²) in [5.74, 6) is 1.29. The van der Waals surface area contributed by atoms with Crippen molar-refractivity contribution in [2.24, 2.45) is 7.05 Å². The van der Waals surface area contributed by atoms with Crippen LogP contribution in [0.25, 0.3) is 0 Å². The third kappa shape index (κ3) is 4.51. The number of aromatic nitrogens is 2. The molecule has 0 fully saturated rings. The SMILES string of the molecule is COc1ccccc1O[C@@H](C)CNC(=O)Cc1cnn(C)c1. The number of aryl methyl sites for hydroxylation is 1. The Bertz CT molecular complexity index is 625. The summed E-state index contributed by atoms with van der Waals surface area (Å²) in [5.41, 5.74) is 0.887. The van der Waals surface area contributed by atoms with Crippen LogP contribution in [-0.2, 0) is 18.3 Å². The van der Waals surface area contributed by atoms with E-state index in [-0.39, 0.29) is 12.0 Å². The van der Waals surface area contributed by atoms with Gasteiger partial charge in [-0.1, -0.05) is 12.1 Å². The van der Waals surface area contributed by atoms with Crippen molar-refractivity contribution in [3.63, 3.8) is 0 Å². The lowest BCUT2D eigenvalue weighted by atomic mass is 10.2. The van der Waals surface area contributed by atoms with Crippen molar-refractivity contribution in [1.29, 1.82) is 0 Å². The maximum atomic E-state index is 11.9. The van der Waals surface area contributed by atoms with Gasteiger partial charge in [0.1, 0.15) is 6.10 Å². The Balaban J connectivity index is 1.79. The lowest BCUT2D eigenvalue weighted by Gasteiger charge is -2.17. The second-order valence-electron chi connectivity index (χ2n) is 5.08. The largest absolute Gasteiger partial charge is 0.493 e. The average Bonchev–Trinajstić information content (AvgIpc) is 2.91. The van der Waals surface area contributed by atoms with Gasteiger partial charge in [-0.15, -0.1) is 0 Å². The van der Waals surface area contributed by atoms with Gasteiger partial charge in [0, 0.05) is 13.2 Å². The summed E-state index contributed by atoms with van der Waals surface area (Å²) in [6.07, 6.45) is 3.67. The summed E-state index contributed by atoms with van der Waals surface area (Å²) >= 11 is 0. The van der Waals surface area contributed by atoms with Crippen molar-refractivity contribution in [3.8, 4) is 11.5 Å². The number of amides is 1. The normalized spacial score (nSPS) is 11.8. The average molecular weight is 303 g/mol. The van der Waals surface area contributed by atoms with Crippen molar-refractivity contribution in [2.75, 3.05) is 13.7 Å². The van der Waals surface area contributed by atoms with Gasteiger partial charge in [-0.3, -0.25) is 9.48 Å². The highest BCUT2D eigenvalue weighted by atomic mass is 16.5. The Hall–Kier alpha value is -2.50. The highest BCUT2D eigenvalue weighted by Crippen LogP contribution is 2.26. The zero-order chi connectivity index (χ0) is 15.9. The van der Waals surface area contributed by atoms with Gasteiger partial charge in [0.15, 0.2) is 11.5 Å². The van der Waals surface area contributed by atoms with Crippen molar-refractivity contribution in [1.82, 2.24) is 15.1 Å². The van der Waals surface area contributed by atoms with Crippen LogP contribution in [0.3, 0.4) is 0 Å². The van der Waals surface area contributed by atoms with Crippen LogP contribution < -0.4 is 14.8 Å². The Kier molecular flexibility index (Phi) is 5.41. The molecule has 0 saturated heterocycles. The number of nitrogens with one attached hydrogen (secondary N) is 1. The van der Waals surface area contributed by atoms with E-state index in [2.05, 4.69) is 10.4 Å². The molecule has 0 aliphatic heterocycles.